The minimum Gasteiger partial charge on any atom is -0.384 e. The molecule has 2 rings (SSSR count). The van der Waals surface area contributed by atoms with Crippen molar-refractivity contribution in [2.24, 2.45) is 0 Å². The first-order chi connectivity index (χ1) is 9.15. The number of nitrogens with one attached hydrogen (secondary N) is 1. The van der Waals surface area contributed by atoms with Crippen LogP contribution in [0, 0.1) is 3.57 Å². The van der Waals surface area contributed by atoms with E-state index >= 15 is 0 Å². The van der Waals surface area contributed by atoms with Crippen molar-refractivity contribution in [3.8, 4) is 0 Å². The Labute approximate surface area is 131 Å². The predicted molar refractivity (Wildman–Crippen MR) is 89.0 cm³/mol. The molecule has 19 heavy (non-hydrogen) atoms. The Bertz CT molecular complexity index is 589. The molecular formula is C14H16ClIN2O. The largest absolute Gasteiger partial charge is 0.384 e. The number of anilines is 1. The lowest BCUT2D eigenvalue weighted by Gasteiger charge is -2.12. The highest BCUT2D eigenvalue weighted by atomic mass is 127. The zero-order chi connectivity index (χ0) is 13.8. The summed E-state index contributed by atoms with van der Waals surface area (Å²) in [5.74, 6) is 0. The Morgan fingerprint density at radius 2 is 2.16 bits per heavy atom. The van der Waals surface area contributed by atoms with Crippen LogP contribution in [0.4, 0.5) is 5.69 Å². The molecule has 0 aliphatic carbocycles. The van der Waals surface area contributed by atoms with Gasteiger partial charge in [-0.05, 0) is 47.2 Å². The zero-order valence-electron chi connectivity index (χ0n) is 11.0. The highest BCUT2D eigenvalue weighted by Gasteiger charge is 2.09. The predicted octanol–water partition coefficient (Wildman–Crippen LogP) is 4.46. The molecule has 1 aromatic heterocycles. The molecule has 0 saturated carbocycles. The second kappa shape index (κ2) is 6.72. The van der Waals surface area contributed by atoms with E-state index in [0.717, 1.165) is 43.8 Å². The lowest BCUT2D eigenvalue weighted by Crippen LogP contribution is -2.04. The Kier molecular flexibility index (Phi) is 5.24. The average molecular weight is 391 g/mol. The molecule has 0 fully saturated rings. The first-order valence-corrected chi connectivity index (χ1v) is 7.63. The third kappa shape index (κ3) is 3.49. The van der Waals surface area contributed by atoms with Crippen molar-refractivity contribution < 1.29 is 4.74 Å². The van der Waals surface area contributed by atoms with E-state index in [4.69, 9.17) is 16.3 Å². The van der Waals surface area contributed by atoms with Gasteiger partial charge in [0.2, 0.25) is 0 Å². The van der Waals surface area contributed by atoms with E-state index in [0.29, 0.717) is 6.61 Å². The standard InChI is InChI=1S/C14H16ClIN2O/c1-3-4-17-13-7-10(8-19-2)18-14-11(13)5-9(15)6-12(14)16/h5-7H,3-4,8H2,1-2H3,(H,17,18). The van der Waals surface area contributed by atoms with Crippen molar-refractivity contribution in [3.05, 3.63) is 32.5 Å². The first kappa shape index (κ1) is 14.8. The van der Waals surface area contributed by atoms with Gasteiger partial charge in [0.1, 0.15) is 0 Å². The van der Waals surface area contributed by atoms with Gasteiger partial charge in [0.05, 0.1) is 17.8 Å². The number of hydrogen-bond donors (Lipinski definition) is 1. The first-order valence-electron chi connectivity index (χ1n) is 6.17. The fourth-order valence-electron chi connectivity index (χ4n) is 1.93. The van der Waals surface area contributed by atoms with Gasteiger partial charge in [-0.3, -0.25) is 0 Å². The number of pyridine rings is 1. The normalized spacial score (nSPS) is 10.9. The average Bonchev–Trinajstić information content (AvgIpc) is 2.37. The van der Waals surface area contributed by atoms with Crippen molar-refractivity contribution in [2.45, 2.75) is 20.0 Å². The number of aromatic nitrogens is 1. The minimum atomic E-state index is 0.509. The van der Waals surface area contributed by atoms with Crippen molar-refractivity contribution in [2.75, 3.05) is 19.0 Å². The molecule has 0 spiro atoms. The van der Waals surface area contributed by atoms with E-state index in [1.54, 1.807) is 7.11 Å². The smallest absolute Gasteiger partial charge is 0.0885 e. The minimum absolute atomic E-state index is 0.509. The summed E-state index contributed by atoms with van der Waals surface area (Å²) in [5, 5.41) is 5.23. The van der Waals surface area contributed by atoms with Gasteiger partial charge in [-0.25, -0.2) is 4.98 Å². The van der Waals surface area contributed by atoms with E-state index < -0.39 is 0 Å². The Hall–Kier alpha value is -0.590. The molecule has 0 radical (unpaired) electrons. The second-order valence-electron chi connectivity index (χ2n) is 4.30. The topological polar surface area (TPSA) is 34.1 Å². The highest BCUT2D eigenvalue weighted by molar-refractivity contribution is 14.1. The van der Waals surface area contributed by atoms with Crippen LogP contribution in [-0.4, -0.2) is 18.6 Å². The van der Waals surface area contributed by atoms with E-state index in [1.807, 2.05) is 18.2 Å². The third-order valence-electron chi connectivity index (χ3n) is 2.74. The van der Waals surface area contributed by atoms with Gasteiger partial charge in [0.15, 0.2) is 0 Å². The summed E-state index contributed by atoms with van der Waals surface area (Å²) in [4.78, 5) is 4.64. The fraction of sp³-hybridized carbons (Fsp3) is 0.357. The number of fused-ring (bicyclic) bond motifs is 1. The van der Waals surface area contributed by atoms with Gasteiger partial charge in [-0.1, -0.05) is 18.5 Å². The molecule has 0 unspecified atom stereocenters. The summed E-state index contributed by atoms with van der Waals surface area (Å²) in [6.07, 6.45) is 1.07. The number of hydrogen-bond acceptors (Lipinski definition) is 3. The maximum absolute atomic E-state index is 6.15. The van der Waals surface area contributed by atoms with Crippen LogP contribution in [0.1, 0.15) is 19.0 Å². The maximum Gasteiger partial charge on any atom is 0.0885 e. The molecule has 1 aromatic carbocycles. The molecule has 0 bridgehead atoms. The zero-order valence-corrected chi connectivity index (χ0v) is 13.9. The number of ether oxygens (including phenoxy) is 1. The summed E-state index contributed by atoms with van der Waals surface area (Å²) in [5.41, 5.74) is 2.96. The molecule has 2 aromatic rings. The second-order valence-corrected chi connectivity index (χ2v) is 5.90. The van der Waals surface area contributed by atoms with Gasteiger partial charge in [-0.15, -0.1) is 0 Å². The van der Waals surface area contributed by atoms with Gasteiger partial charge < -0.3 is 10.1 Å². The Morgan fingerprint density at radius 1 is 1.37 bits per heavy atom. The summed E-state index contributed by atoms with van der Waals surface area (Å²) in [6, 6.07) is 5.92. The Balaban J connectivity index is 2.60. The van der Waals surface area contributed by atoms with Crippen molar-refractivity contribution in [3.63, 3.8) is 0 Å². The molecule has 0 saturated heterocycles. The molecule has 0 amide bonds. The van der Waals surface area contributed by atoms with Gasteiger partial charge in [0, 0.05) is 33.3 Å². The number of halogens is 2. The van der Waals surface area contributed by atoms with Crippen molar-refractivity contribution >= 4 is 50.8 Å². The Morgan fingerprint density at radius 3 is 2.84 bits per heavy atom. The van der Waals surface area contributed by atoms with Crippen LogP contribution in [0.2, 0.25) is 5.02 Å². The number of nitrogens with zero attached hydrogens (tertiary/aromatic N) is 1. The quantitative estimate of drug-likeness (QED) is 0.765. The van der Waals surface area contributed by atoms with Crippen LogP contribution in [0.3, 0.4) is 0 Å². The monoisotopic (exact) mass is 390 g/mol. The lowest BCUT2D eigenvalue weighted by molar-refractivity contribution is 0.182. The maximum atomic E-state index is 6.15. The highest BCUT2D eigenvalue weighted by Crippen LogP contribution is 2.30. The van der Waals surface area contributed by atoms with Crippen LogP contribution in [0.15, 0.2) is 18.2 Å². The number of methoxy groups -OCH3 is 1. The summed E-state index contributed by atoms with van der Waals surface area (Å²) in [6.45, 7) is 3.58. The van der Waals surface area contributed by atoms with Gasteiger partial charge >= 0.3 is 0 Å². The molecular weight excluding hydrogens is 375 g/mol. The molecule has 1 N–H and O–H groups in total. The van der Waals surface area contributed by atoms with Crippen molar-refractivity contribution in [1.29, 1.82) is 0 Å². The molecule has 0 aliphatic rings. The van der Waals surface area contributed by atoms with Crippen LogP contribution >= 0.6 is 34.2 Å². The molecule has 0 aliphatic heterocycles. The molecule has 5 heteroatoms. The summed E-state index contributed by atoms with van der Waals surface area (Å²) in [7, 11) is 1.68. The van der Waals surface area contributed by atoms with E-state index in [2.05, 4.69) is 39.8 Å². The SMILES string of the molecule is CCCNc1cc(COC)nc2c(I)cc(Cl)cc12. The fourth-order valence-corrected chi connectivity index (χ4v) is 3.08. The molecule has 102 valence electrons. The van der Waals surface area contributed by atoms with Crippen LogP contribution in [0.25, 0.3) is 10.9 Å². The van der Waals surface area contributed by atoms with Gasteiger partial charge in [-0.2, -0.15) is 0 Å². The van der Waals surface area contributed by atoms with Crippen LogP contribution in [-0.2, 0) is 11.3 Å². The van der Waals surface area contributed by atoms with E-state index in [9.17, 15) is 0 Å². The molecule has 3 nitrogen and oxygen atoms in total. The molecule has 0 atom stereocenters. The number of benzene rings is 1. The summed E-state index contributed by atoms with van der Waals surface area (Å²) < 4.78 is 6.23. The summed E-state index contributed by atoms with van der Waals surface area (Å²) >= 11 is 8.41. The lowest BCUT2D eigenvalue weighted by atomic mass is 10.1. The third-order valence-corrected chi connectivity index (χ3v) is 3.78. The van der Waals surface area contributed by atoms with Crippen LogP contribution in [0.5, 0.6) is 0 Å². The van der Waals surface area contributed by atoms with E-state index in [-0.39, 0.29) is 0 Å². The molecule has 1 heterocycles. The van der Waals surface area contributed by atoms with Gasteiger partial charge in [0.25, 0.3) is 0 Å². The van der Waals surface area contributed by atoms with Crippen LogP contribution < -0.4 is 5.32 Å². The van der Waals surface area contributed by atoms with E-state index in [1.165, 1.54) is 0 Å². The van der Waals surface area contributed by atoms with Crippen molar-refractivity contribution in [1.82, 2.24) is 4.98 Å². The number of rotatable bonds is 5.